The molecule has 0 spiro atoms. The van der Waals surface area contributed by atoms with Gasteiger partial charge in [-0.25, -0.2) is 4.39 Å². The van der Waals surface area contributed by atoms with Crippen LogP contribution in [0.2, 0.25) is 0 Å². The summed E-state index contributed by atoms with van der Waals surface area (Å²) in [5.41, 5.74) is 0.549. The van der Waals surface area contributed by atoms with E-state index in [1.165, 1.54) is 13.2 Å². The molecular formula is C16H26FNO2. The van der Waals surface area contributed by atoms with Crippen LogP contribution in [0, 0.1) is 5.82 Å². The fraction of sp³-hybridized carbons (Fsp3) is 0.625. The molecule has 0 aliphatic heterocycles. The predicted octanol–water partition coefficient (Wildman–Crippen LogP) is 3.69. The maximum atomic E-state index is 14.0. The summed E-state index contributed by atoms with van der Waals surface area (Å²) >= 11 is 0. The lowest BCUT2D eigenvalue weighted by molar-refractivity contribution is -0.0483. The van der Waals surface area contributed by atoms with Crippen LogP contribution in [0.5, 0.6) is 5.75 Å². The minimum Gasteiger partial charge on any atom is -0.494 e. The van der Waals surface area contributed by atoms with E-state index in [9.17, 15) is 4.39 Å². The normalized spacial score (nSPS) is 13.3. The van der Waals surface area contributed by atoms with Crippen molar-refractivity contribution in [3.8, 4) is 5.75 Å². The van der Waals surface area contributed by atoms with Gasteiger partial charge in [-0.05, 0) is 37.1 Å². The Balaban J connectivity index is 3.22. The molecule has 1 aromatic carbocycles. The highest BCUT2D eigenvalue weighted by atomic mass is 19.1. The largest absolute Gasteiger partial charge is 0.494 e. The van der Waals surface area contributed by atoms with Crippen LogP contribution >= 0.6 is 0 Å². The summed E-state index contributed by atoms with van der Waals surface area (Å²) in [7, 11) is 3.19. The molecule has 1 rings (SSSR count). The molecule has 1 unspecified atom stereocenters. The van der Waals surface area contributed by atoms with Crippen molar-refractivity contribution in [1.82, 2.24) is 5.32 Å². The fourth-order valence-corrected chi connectivity index (χ4v) is 2.74. The van der Waals surface area contributed by atoms with E-state index in [2.05, 4.69) is 19.2 Å². The van der Waals surface area contributed by atoms with Crippen LogP contribution in [0.1, 0.15) is 45.2 Å². The highest BCUT2D eigenvalue weighted by molar-refractivity contribution is 5.32. The van der Waals surface area contributed by atoms with Gasteiger partial charge in [0.25, 0.3) is 0 Å². The number of halogens is 1. The summed E-state index contributed by atoms with van der Waals surface area (Å²) < 4.78 is 24.7. The molecule has 1 aromatic rings. The van der Waals surface area contributed by atoms with Gasteiger partial charge in [0.2, 0.25) is 0 Å². The van der Waals surface area contributed by atoms with Crippen LogP contribution in [0.4, 0.5) is 4.39 Å². The van der Waals surface area contributed by atoms with Crippen molar-refractivity contribution in [3.63, 3.8) is 0 Å². The van der Waals surface area contributed by atoms with Crippen LogP contribution in [0.3, 0.4) is 0 Å². The molecule has 1 N–H and O–H groups in total. The summed E-state index contributed by atoms with van der Waals surface area (Å²) in [5, 5.41) is 3.42. The number of nitrogens with one attached hydrogen (secondary N) is 1. The van der Waals surface area contributed by atoms with Gasteiger partial charge in [0.1, 0.15) is 0 Å². The van der Waals surface area contributed by atoms with Crippen LogP contribution in [0.25, 0.3) is 0 Å². The Kier molecular flexibility index (Phi) is 6.43. The van der Waals surface area contributed by atoms with Gasteiger partial charge in [0.05, 0.1) is 18.8 Å². The SMILES string of the molecule is CCNC(c1ccc(OC)c(F)c1)C(CC)(CC)OC. The first-order valence-electron chi connectivity index (χ1n) is 7.20. The number of ether oxygens (including phenoxy) is 2. The first-order valence-corrected chi connectivity index (χ1v) is 7.20. The van der Waals surface area contributed by atoms with Gasteiger partial charge in [0, 0.05) is 7.11 Å². The van der Waals surface area contributed by atoms with E-state index >= 15 is 0 Å². The molecular weight excluding hydrogens is 257 g/mol. The van der Waals surface area contributed by atoms with Gasteiger partial charge in [-0.1, -0.05) is 26.8 Å². The number of rotatable bonds is 8. The summed E-state index contributed by atoms with van der Waals surface area (Å²) in [4.78, 5) is 0. The zero-order valence-corrected chi connectivity index (χ0v) is 13.1. The number of hydrogen-bond acceptors (Lipinski definition) is 3. The molecule has 0 amide bonds. The zero-order chi connectivity index (χ0) is 15.2. The smallest absolute Gasteiger partial charge is 0.165 e. The van der Waals surface area contributed by atoms with E-state index in [1.54, 1.807) is 13.2 Å². The Hall–Kier alpha value is -1.13. The third-order valence-electron chi connectivity index (χ3n) is 4.05. The number of benzene rings is 1. The van der Waals surface area contributed by atoms with Gasteiger partial charge in [-0.3, -0.25) is 0 Å². The quantitative estimate of drug-likeness (QED) is 0.789. The van der Waals surface area contributed by atoms with Crippen LogP contribution in [-0.4, -0.2) is 26.4 Å². The summed E-state index contributed by atoms with van der Waals surface area (Å²) in [6.07, 6.45) is 1.70. The van der Waals surface area contributed by atoms with E-state index in [4.69, 9.17) is 9.47 Å². The molecule has 3 nitrogen and oxygen atoms in total. The second-order valence-corrected chi connectivity index (χ2v) is 4.86. The van der Waals surface area contributed by atoms with Crippen molar-refractivity contribution in [2.24, 2.45) is 0 Å². The van der Waals surface area contributed by atoms with E-state index in [-0.39, 0.29) is 23.2 Å². The van der Waals surface area contributed by atoms with Crippen LogP contribution in [-0.2, 0) is 4.74 Å². The van der Waals surface area contributed by atoms with Crippen LogP contribution < -0.4 is 10.1 Å². The molecule has 0 aliphatic carbocycles. The van der Waals surface area contributed by atoms with E-state index in [0.29, 0.717) is 0 Å². The molecule has 114 valence electrons. The summed E-state index contributed by atoms with van der Waals surface area (Å²) in [6.45, 7) is 7.02. The Morgan fingerprint density at radius 3 is 2.25 bits per heavy atom. The highest BCUT2D eigenvalue weighted by Gasteiger charge is 2.36. The Morgan fingerprint density at radius 2 is 1.85 bits per heavy atom. The lowest BCUT2D eigenvalue weighted by Gasteiger charge is -2.39. The van der Waals surface area contributed by atoms with E-state index < -0.39 is 0 Å². The monoisotopic (exact) mass is 283 g/mol. The minimum absolute atomic E-state index is 0.0482. The molecule has 0 radical (unpaired) electrons. The van der Waals surface area contributed by atoms with Crippen molar-refractivity contribution in [3.05, 3.63) is 29.6 Å². The molecule has 0 fully saturated rings. The van der Waals surface area contributed by atoms with Gasteiger partial charge in [0.15, 0.2) is 11.6 Å². The fourth-order valence-electron chi connectivity index (χ4n) is 2.74. The van der Waals surface area contributed by atoms with Crippen molar-refractivity contribution in [1.29, 1.82) is 0 Å². The first-order chi connectivity index (χ1) is 9.58. The molecule has 4 heteroatoms. The Labute approximate surface area is 121 Å². The molecule has 1 atom stereocenters. The summed E-state index contributed by atoms with van der Waals surface area (Å²) in [6, 6.07) is 5.05. The maximum absolute atomic E-state index is 14.0. The average Bonchev–Trinajstić information content (AvgIpc) is 2.48. The molecule has 0 saturated heterocycles. The maximum Gasteiger partial charge on any atom is 0.165 e. The predicted molar refractivity (Wildman–Crippen MR) is 79.7 cm³/mol. The molecule has 0 aliphatic rings. The number of hydrogen-bond donors (Lipinski definition) is 1. The molecule has 0 aromatic heterocycles. The minimum atomic E-state index is -0.342. The first kappa shape index (κ1) is 16.9. The lowest BCUT2D eigenvalue weighted by Crippen LogP contribution is -2.44. The van der Waals surface area contributed by atoms with Gasteiger partial charge in [-0.2, -0.15) is 0 Å². The Morgan fingerprint density at radius 1 is 1.20 bits per heavy atom. The number of methoxy groups -OCH3 is 2. The lowest BCUT2D eigenvalue weighted by atomic mass is 9.83. The molecule has 0 bridgehead atoms. The van der Waals surface area contributed by atoms with Crippen molar-refractivity contribution < 1.29 is 13.9 Å². The van der Waals surface area contributed by atoms with E-state index in [0.717, 1.165) is 24.9 Å². The second-order valence-electron chi connectivity index (χ2n) is 4.86. The second kappa shape index (κ2) is 7.60. The molecule has 20 heavy (non-hydrogen) atoms. The van der Waals surface area contributed by atoms with Gasteiger partial charge < -0.3 is 14.8 Å². The molecule has 0 saturated carbocycles. The van der Waals surface area contributed by atoms with E-state index in [1.807, 2.05) is 13.0 Å². The summed E-state index contributed by atoms with van der Waals surface area (Å²) in [5.74, 6) is -0.0786. The van der Waals surface area contributed by atoms with Crippen molar-refractivity contribution in [2.45, 2.75) is 45.3 Å². The van der Waals surface area contributed by atoms with Crippen molar-refractivity contribution >= 4 is 0 Å². The number of likely N-dealkylation sites (N-methyl/N-ethyl adjacent to an activating group) is 1. The standard InChI is InChI=1S/C16H26FNO2/c1-6-16(7-2,20-5)15(18-8-3)12-9-10-14(19-4)13(17)11-12/h9-11,15,18H,6-8H2,1-5H3. The average molecular weight is 283 g/mol. The third kappa shape index (κ3) is 3.30. The van der Waals surface area contributed by atoms with Gasteiger partial charge in [-0.15, -0.1) is 0 Å². The zero-order valence-electron chi connectivity index (χ0n) is 13.1. The van der Waals surface area contributed by atoms with Crippen molar-refractivity contribution in [2.75, 3.05) is 20.8 Å². The molecule has 0 heterocycles. The van der Waals surface area contributed by atoms with Crippen LogP contribution in [0.15, 0.2) is 18.2 Å². The third-order valence-corrected chi connectivity index (χ3v) is 4.05. The Bertz CT molecular complexity index is 411. The van der Waals surface area contributed by atoms with Gasteiger partial charge >= 0.3 is 0 Å². The topological polar surface area (TPSA) is 30.5 Å². The highest BCUT2D eigenvalue weighted by Crippen LogP contribution is 2.36.